The number of hydrogen-bond acceptors (Lipinski definition) is 8. The van der Waals surface area contributed by atoms with E-state index < -0.39 is 0 Å². The molecule has 3 aromatic rings. The van der Waals surface area contributed by atoms with Gasteiger partial charge in [-0.05, 0) is 38.3 Å². The monoisotopic (exact) mass is 464 g/mol. The van der Waals surface area contributed by atoms with Crippen molar-refractivity contribution >= 4 is 22.4 Å². The fourth-order valence-electron chi connectivity index (χ4n) is 5.21. The Bertz CT molecular complexity index is 1140. The van der Waals surface area contributed by atoms with Crippen molar-refractivity contribution in [1.29, 1.82) is 0 Å². The fourth-order valence-corrected chi connectivity index (χ4v) is 5.21. The first-order valence-corrected chi connectivity index (χ1v) is 12.4. The SMILES string of the molecule is CC1CN(c2cc(N3CCOCC3)nc3c(-c4ccnn4C4CCCCO4)nccc23)CCO1. The first kappa shape index (κ1) is 21.8. The third-order valence-corrected chi connectivity index (χ3v) is 6.95. The number of hydrogen-bond donors (Lipinski definition) is 0. The van der Waals surface area contributed by atoms with Crippen molar-refractivity contribution in [1.82, 2.24) is 19.7 Å². The second kappa shape index (κ2) is 9.48. The van der Waals surface area contributed by atoms with Gasteiger partial charge in [0.25, 0.3) is 0 Å². The van der Waals surface area contributed by atoms with Crippen molar-refractivity contribution < 1.29 is 14.2 Å². The molecule has 3 saturated heterocycles. The Morgan fingerprint density at radius 1 is 0.941 bits per heavy atom. The van der Waals surface area contributed by atoms with Gasteiger partial charge in [0, 0.05) is 56.6 Å². The lowest BCUT2D eigenvalue weighted by atomic mass is 10.1. The normalized spacial score (nSPS) is 24.0. The molecular weight excluding hydrogens is 432 g/mol. The van der Waals surface area contributed by atoms with Crippen LogP contribution in [0.1, 0.15) is 32.4 Å². The van der Waals surface area contributed by atoms with Gasteiger partial charge in [-0.25, -0.2) is 9.67 Å². The van der Waals surface area contributed by atoms with Crippen LogP contribution in [0.3, 0.4) is 0 Å². The van der Waals surface area contributed by atoms with Gasteiger partial charge in [0.05, 0.1) is 37.3 Å². The molecule has 2 unspecified atom stereocenters. The first-order valence-electron chi connectivity index (χ1n) is 12.4. The van der Waals surface area contributed by atoms with E-state index in [4.69, 9.17) is 24.2 Å². The average molecular weight is 465 g/mol. The Labute approximate surface area is 199 Å². The first-order chi connectivity index (χ1) is 16.8. The molecule has 0 aromatic carbocycles. The maximum Gasteiger partial charge on any atom is 0.150 e. The van der Waals surface area contributed by atoms with Crippen molar-refractivity contribution in [2.45, 2.75) is 38.5 Å². The molecule has 0 aliphatic carbocycles. The van der Waals surface area contributed by atoms with Crippen molar-refractivity contribution in [2.75, 3.05) is 62.4 Å². The summed E-state index contributed by atoms with van der Waals surface area (Å²) in [4.78, 5) is 14.7. The summed E-state index contributed by atoms with van der Waals surface area (Å²) in [5, 5.41) is 5.73. The number of pyridine rings is 2. The Kier molecular flexibility index (Phi) is 6.07. The second-order valence-corrected chi connectivity index (χ2v) is 9.26. The lowest BCUT2D eigenvalue weighted by molar-refractivity contribution is -0.0383. The van der Waals surface area contributed by atoms with Gasteiger partial charge >= 0.3 is 0 Å². The molecule has 9 heteroatoms. The average Bonchev–Trinajstić information content (AvgIpc) is 3.38. The van der Waals surface area contributed by atoms with Gasteiger partial charge in [-0.1, -0.05) is 0 Å². The maximum atomic E-state index is 6.05. The third-order valence-electron chi connectivity index (χ3n) is 6.95. The summed E-state index contributed by atoms with van der Waals surface area (Å²) in [7, 11) is 0. The van der Waals surface area contributed by atoms with Gasteiger partial charge in [-0.3, -0.25) is 4.98 Å². The Hall–Kier alpha value is -2.75. The fraction of sp³-hybridized carbons (Fsp3) is 0.560. The minimum Gasteiger partial charge on any atom is -0.378 e. The van der Waals surface area contributed by atoms with Crippen LogP contribution in [0.2, 0.25) is 0 Å². The molecule has 0 amide bonds. The molecule has 0 spiro atoms. The largest absolute Gasteiger partial charge is 0.378 e. The summed E-state index contributed by atoms with van der Waals surface area (Å²) >= 11 is 0. The molecule has 3 fully saturated rings. The number of anilines is 2. The van der Waals surface area contributed by atoms with Gasteiger partial charge < -0.3 is 24.0 Å². The highest BCUT2D eigenvalue weighted by Gasteiger charge is 2.26. The van der Waals surface area contributed by atoms with Crippen molar-refractivity contribution in [2.24, 2.45) is 0 Å². The topological polar surface area (TPSA) is 77.8 Å². The van der Waals surface area contributed by atoms with Gasteiger partial charge in [0.2, 0.25) is 0 Å². The van der Waals surface area contributed by atoms with E-state index in [0.29, 0.717) is 0 Å². The van der Waals surface area contributed by atoms with E-state index in [1.807, 2.05) is 23.1 Å². The van der Waals surface area contributed by atoms with Crippen molar-refractivity contribution in [3.63, 3.8) is 0 Å². The molecule has 9 nitrogen and oxygen atoms in total. The molecule has 0 bridgehead atoms. The zero-order valence-electron chi connectivity index (χ0n) is 19.7. The number of aromatic nitrogens is 4. The van der Waals surface area contributed by atoms with E-state index in [2.05, 4.69) is 34.0 Å². The molecule has 3 aliphatic rings. The lowest BCUT2D eigenvalue weighted by Gasteiger charge is -2.35. The third kappa shape index (κ3) is 4.12. The van der Waals surface area contributed by atoms with Crippen molar-refractivity contribution in [3.05, 3.63) is 30.6 Å². The maximum absolute atomic E-state index is 6.05. The van der Waals surface area contributed by atoms with Crippen LogP contribution < -0.4 is 9.80 Å². The summed E-state index contributed by atoms with van der Waals surface area (Å²) in [6, 6.07) is 6.35. The zero-order valence-corrected chi connectivity index (χ0v) is 19.7. The second-order valence-electron chi connectivity index (χ2n) is 9.26. The molecule has 6 rings (SSSR count). The number of ether oxygens (including phenoxy) is 3. The summed E-state index contributed by atoms with van der Waals surface area (Å²) < 4.78 is 19.5. The molecule has 0 N–H and O–H groups in total. The standard InChI is InChI=1S/C25H32N6O3/c1-18-17-30(11-15-33-18)21-16-22(29-9-13-32-14-10-29)28-24-19(21)5-7-26-25(24)20-6-8-27-31(20)23-4-2-3-12-34-23/h5-8,16,18,23H,2-4,9-15,17H2,1H3. The Morgan fingerprint density at radius 2 is 1.82 bits per heavy atom. The number of fused-ring (bicyclic) bond motifs is 1. The lowest BCUT2D eigenvalue weighted by Crippen LogP contribution is -2.41. The number of morpholine rings is 2. The van der Waals surface area contributed by atoms with Crippen LogP contribution in [0.25, 0.3) is 22.3 Å². The summed E-state index contributed by atoms with van der Waals surface area (Å²) in [6.07, 6.45) is 7.07. The summed E-state index contributed by atoms with van der Waals surface area (Å²) in [6.45, 7) is 8.44. The molecule has 3 aromatic heterocycles. The van der Waals surface area contributed by atoms with Gasteiger partial charge in [-0.2, -0.15) is 5.10 Å². The Balaban J connectivity index is 1.50. The molecule has 2 atom stereocenters. The molecule has 0 saturated carbocycles. The van der Waals surface area contributed by atoms with E-state index in [-0.39, 0.29) is 12.3 Å². The van der Waals surface area contributed by atoms with E-state index in [1.54, 1.807) is 0 Å². The van der Waals surface area contributed by atoms with E-state index in [0.717, 1.165) is 100.0 Å². The molecular formula is C25H32N6O3. The van der Waals surface area contributed by atoms with Crippen LogP contribution in [-0.2, 0) is 14.2 Å². The number of rotatable bonds is 4. The minimum absolute atomic E-state index is 0.0576. The van der Waals surface area contributed by atoms with Gasteiger partial charge in [-0.15, -0.1) is 0 Å². The highest BCUT2D eigenvalue weighted by molar-refractivity contribution is 6.00. The molecule has 3 aliphatic heterocycles. The van der Waals surface area contributed by atoms with Gasteiger partial charge in [0.15, 0.2) is 6.23 Å². The molecule has 34 heavy (non-hydrogen) atoms. The summed E-state index contributed by atoms with van der Waals surface area (Å²) in [5.74, 6) is 0.971. The zero-order chi connectivity index (χ0) is 22.9. The van der Waals surface area contributed by atoms with E-state index >= 15 is 0 Å². The Morgan fingerprint density at radius 3 is 2.65 bits per heavy atom. The van der Waals surface area contributed by atoms with Crippen LogP contribution in [0.15, 0.2) is 30.6 Å². The smallest absolute Gasteiger partial charge is 0.150 e. The van der Waals surface area contributed by atoms with E-state index in [1.165, 1.54) is 5.69 Å². The molecule has 0 radical (unpaired) electrons. The molecule has 180 valence electrons. The minimum atomic E-state index is -0.0576. The van der Waals surface area contributed by atoms with Crippen LogP contribution in [0.5, 0.6) is 0 Å². The van der Waals surface area contributed by atoms with Crippen molar-refractivity contribution in [3.8, 4) is 11.4 Å². The highest BCUT2D eigenvalue weighted by Crippen LogP contribution is 2.36. The van der Waals surface area contributed by atoms with E-state index in [9.17, 15) is 0 Å². The van der Waals surface area contributed by atoms with Gasteiger partial charge in [0.1, 0.15) is 17.0 Å². The highest BCUT2D eigenvalue weighted by atomic mass is 16.5. The predicted octanol–water partition coefficient (Wildman–Crippen LogP) is 3.25. The molecule has 6 heterocycles. The number of nitrogens with zero attached hydrogens (tertiary/aromatic N) is 6. The van der Waals surface area contributed by atoms with Crippen LogP contribution in [0.4, 0.5) is 11.5 Å². The van der Waals surface area contributed by atoms with Crippen LogP contribution >= 0.6 is 0 Å². The quantitative estimate of drug-likeness (QED) is 0.582. The summed E-state index contributed by atoms with van der Waals surface area (Å²) in [5.41, 5.74) is 3.88. The van der Waals surface area contributed by atoms with Crippen LogP contribution in [-0.4, -0.2) is 78.5 Å². The predicted molar refractivity (Wildman–Crippen MR) is 130 cm³/mol. The van der Waals surface area contributed by atoms with Crippen LogP contribution in [0, 0.1) is 0 Å².